The van der Waals surface area contributed by atoms with Crippen molar-refractivity contribution in [2.45, 2.75) is 32.0 Å². The SMILES string of the molecule is CC1CCC(C(=O)Nc2c(N)cnn2C)O1. The van der Waals surface area contributed by atoms with Gasteiger partial charge in [-0.15, -0.1) is 0 Å². The van der Waals surface area contributed by atoms with Crippen molar-refractivity contribution >= 4 is 17.4 Å². The first-order chi connectivity index (χ1) is 7.58. The highest BCUT2D eigenvalue weighted by molar-refractivity contribution is 5.95. The molecule has 88 valence electrons. The second-order valence-electron chi connectivity index (χ2n) is 4.07. The predicted molar refractivity (Wildman–Crippen MR) is 59.8 cm³/mol. The van der Waals surface area contributed by atoms with Gasteiger partial charge in [0, 0.05) is 7.05 Å². The molecule has 2 unspecified atom stereocenters. The van der Waals surface area contributed by atoms with E-state index in [-0.39, 0.29) is 18.1 Å². The Balaban J connectivity index is 2.02. The van der Waals surface area contributed by atoms with E-state index in [9.17, 15) is 4.79 Å². The summed E-state index contributed by atoms with van der Waals surface area (Å²) in [4.78, 5) is 11.8. The Morgan fingerprint density at radius 3 is 2.94 bits per heavy atom. The Bertz CT molecular complexity index is 382. The molecule has 0 aromatic carbocycles. The van der Waals surface area contributed by atoms with Crippen LogP contribution >= 0.6 is 0 Å². The fourth-order valence-electron chi connectivity index (χ4n) is 1.80. The molecule has 1 fully saturated rings. The molecule has 6 nitrogen and oxygen atoms in total. The number of rotatable bonds is 2. The highest BCUT2D eigenvalue weighted by atomic mass is 16.5. The summed E-state index contributed by atoms with van der Waals surface area (Å²) in [5, 5.41) is 6.68. The van der Waals surface area contributed by atoms with Gasteiger partial charge in [0.2, 0.25) is 0 Å². The average Bonchev–Trinajstić information content (AvgIpc) is 2.79. The van der Waals surface area contributed by atoms with Crippen molar-refractivity contribution in [1.29, 1.82) is 0 Å². The summed E-state index contributed by atoms with van der Waals surface area (Å²) >= 11 is 0. The Morgan fingerprint density at radius 2 is 2.44 bits per heavy atom. The number of hydrogen-bond acceptors (Lipinski definition) is 4. The summed E-state index contributed by atoms with van der Waals surface area (Å²) in [5.41, 5.74) is 6.14. The minimum absolute atomic E-state index is 0.152. The summed E-state index contributed by atoms with van der Waals surface area (Å²) in [6.07, 6.45) is 2.96. The lowest BCUT2D eigenvalue weighted by molar-refractivity contribution is -0.126. The van der Waals surface area contributed by atoms with E-state index in [0.29, 0.717) is 11.5 Å². The minimum Gasteiger partial charge on any atom is -0.394 e. The van der Waals surface area contributed by atoms with Crippen LogP contribution in [-0.2, 0) is 16.6 Å². The molecule has 3 N–H and O–H groups in total. The number of nitrogen functional groups attached to an aromatic ring is 1. The molecule has 0 radical (unpaired) electrons. The molecule has 0 spiro atoms. The van der Waals surface area contributed by atoms with Crippen LogP contribution in [0.5, 0.6) is 0 Å². The number of ether oxygens (including phenoxy) is 1. The van der Waals surface area contributed by atoms with E-state index in [1.807, 2.05) is 6.92 Å². The fourth-order valence-corrected chi connectivity index (χ4v) is 1.80. The topological polar surface area (TPSA) is 82.2 Å². The van der Waals surface area contributed by atoms with Gasteiger partial charge < -0.3 is 15.8 Å². The second-order valence-corrected chi connectivity index (χ2v) is 4.07. The normalized spacial score (nSPS) is 24.6. The van der Waals surface area contributed by atoms with Gasteiger partial charge in [0.15, 0.2) is 5.82 Å². The Morgan fingerprint density at radius 1 is 1.69 bits per heavy atom. The molecule has 16 heavy (non-hydrogen) atoms. The number of amides is 1. The first kappa shape index (κ1) is 10.9. The molecule has 2 heterocycles. The van der Waals surface area contributed by atoms with Gasteiger partial charge in [-0.3, -0.25) is 9.48 Å². The zero-order valence-corrected chi connectivity index (χ0v) is 9.43. The molecule has 6 heteroatoms. The van der Waals surface area contributed by atoms with Crippen molar-refractivity contribution in [3.8, 4) is 0 Å². The number of carbonyl (C=O) groups excluding carboxylic acids is 1. The molecular weight excluding hydrogens is 208 g/mol. The third-order valence-corrected chi connectivity index (χ3v) is 2.73. The van der Waals surface area contributed by atoms with Crippen molar-refractivity contribution in [2.24, 2.45) is 7.05 Å². The van der Waals surface area contributed by atoms with Crippen molar-refractivity contribution in [3.05, 3.63) is 6.20 Å². The largest absolute Gasteiger partial charge is 0.394 e. The predicted octanol–water partition coefficient (Wildman–Crippen LogP) is 0.508. The van der Waals surface area contributed by atoms with E-state index >= 15 is 0 Å². The summed E-state index contributed by atoms with van der Waals surface area (Å²) in [5.74, 6) is 0.368. The Hall–Kier alpha value is -1.56. The molecular formula is C10H16N4O2. The number of carbonyl (C=O) groups is 1. The van der Waals surface area contributed by atoms with Gasteiger partial charge >= 0.3 is 0 Å². The number of anilines is 2. The van der Waals surface area contributed by atoms with Crippen LogP contribution in [0.4, 0.5) is 11.5 Å². The molecule has 0 aliphatic carbocycles. The zero-order valence-electron chi connectivity index (χ0n) is 9.43. The summed E-state index contributed by atoms with van der Waals surface area (Å²) < 4.78 is 7.00. The lowest BCUT2D eigenvalue weighted by Crippen LogP contribution is -2.28. The van der Waals surface area contributed by atoms with Crippen LogP contribution in [0.2, 0.25) is 0 Å². The van der Waals surface area contributed by atoms with Gasteiger partial charge in [0.25, 0.3) is 5.91 Å². The molecule has 0 bridgehead atoms. The monoisotopic (exact) mass is 224 g/mol. The number of nitrogens with zero attached hydrogens (tertiary/aromatic N) is 2. The van der Waals surface area contributed by atoms with Crippen LogP contribution in [0.3, 0.4) is 0 Å². The molecule has 1 aromatic heterocycles. The molecule has 2 atom stereocenters. The highest BCUT2D eigenvalue weighted by Gasteiger charge is 2.28. The van der Waals surface area contributed by atoms with Crippen molar-refractivity contribution in [3.63, 3.8) is 0 Å². The molecule has 1 aromatic rings. The maximum Gasteiger partial charge on any atom is 0.254 e. The van der Waals surface area contributed by atoms with Crippen LogP contribution in [-0.4, -0.2) is 27.9 Å². The van der Waals surface area contributed by atoms with Gasteiger partial charge in [-0.1, -0.05) is 0 Å². The standard InChI is InChI=1S/C10H16N4O2/c1-6-3-4-8(16-6)10(15)13-9-7(11)5-12-14(9)2/h5-6,8H,3-4,11H2,1-2H3,(H,13,15). The minimum atomic E-state index is -0.371. The molecule has 1 aliphatic heterocycles. The maximum absolute atomic E-state index is 11.8. The molecule has 1 aliphatic rings. The van der Waals surface area contributed by atoms with Crippen LogP contribution in [0.25, 0.3) is 0 Å². The van der Waals surface area contributed by atoms with E-state index in [4.69, 9.17) is 10.5 Å². The van der Waals surface area contributed by atoms with Crippen molar-refractivity contribution in [1.82, 2.24) is 9.78 Å². The van der Waals surface area contributed by atoms with E-state index in [1.54, 1.807) is 7.05 Å². The Kier molecular flexibility index (Phi) is 2.82. The lowest BCUT2D eigenvalue weighted by Gasteiger charge is -2.12. The number of nitrogens with two attached hydrogens (primary N) is 1. The first-order valence-electron chi connectivity index (χ1n) is 5.31. The molecule has 0 saturated carbocycles. The van der Waals surface area contributed by atoms with Gasteiger partial charge in [-0.2, -0.15) is 5.10 Å². The fraction of sp³-hybridized carbons (Fsp3) is 0.600. The second kappa shape index (κ2) is 4.13. The van der Waals surface area contributed by atoms with E-state index in [1.165, 1.54) is 10.9 Å². The molecule has 1 saturated heterocycles. The van der Waals surface area contributed by atoms with Crippen LogP contribution in [0.1, 0.15) is 19.8 Å². The van der Waals surface area contributed by atoms with Crippen molar-refractivity contribution in [2.75, 3.05) is 11.1 Å². The maximum atomic E-state index is 11.8. The van der Waals surface area contributed by atoms with E-state index in [0.717, 1.165) is 12.8 Å². The summed E-state index contributed by atoms with van der Waals surface area (Å²) in [6.45, 7) is 1.96. The first-order valence-corrected chi connectivity index (χ1v) is 5.31. The highest BCUT2D eigenvalue weighted by Crippen LogP contribution is 2.22. The van der Waals surface area contributed by atoms with Gasteiger partial charge in [0.05, 0.1) is 18.0 Å². The smallest absolute Gasteiger partial charge is 0.254 e. The lowest BCUT2D eigenvalue weighted by atomic mass is 10.2. The molecule has 2 rings (SSSR count). The van der Waals surface area contributed by atoms with Gasteiger partial charge in [0.1, 0.15) is 6.10 Å². The van der Waals surface area contributed by atoms with E-state index < -0.39 is 0 Å². The summed E-state index contributed by atoms with van der Waals surface area (Å²) in [7, 11) is 1.73. The van der Waals surface area contributed by atoms with Crippen molar-refractivity contribution < 1.29 is 9.53 Å². The third kappa shape index (κ3) is 2.01. The quantitative estimate of drug-likeness (QED) is 0.766. The van der Waals surface area contributed by atoms with Gasteiger partial charge in [-0.25, -0.2) is 0 Å². The number of aromatic nitrogens is 2. The van der Waals surface area contributed by atoms with Crippen LogP contribution in [0.15, 0.2) is 6.20 Å². The van der Waals surface area contributed by atoms with E-state index in [2.05, 4.69) is 10.4 Å². The number of hydrogen-bond donors (Lipinski definition) is 2. The van der Waals surface area contributed by atoms with Crippen LogP contribution < -0.4 is 11.1 Å². The Labute approximate surface area is 93.8 Å². The molecule has 1 amide bonds. The van der Waals surface area contributed by atoms with Crippen LogP contribution in [0, 0.1) is 0 Å². The zero-order chi connectivity index (χ0) is 11.7. The number of nitrogens with one attached hydrogen (secondary N) is 1. The van der Waals surface area contributed by atoms with Gasteiger partial charge in [-0.05, 0) is 19.8 Å². The average molecular weight is 224 g/mol. The summed E-state index contributed by atoms with van der Waals surface area (Å²) in [6, 6.07) is 0. The number of aryl methyl sites for hydroxylation is 1. The third-order valence-electron chi connectivity index (χ3n) is 2.73.